The summed E-state index contributed by atoms with van der Waals surface area (Å²) < 4.78 is 7.37. The van der Waals surface area contributed by atoms with Gasteiger partial charge in [0.1, 0.15) is 11.6 Å². The zero-order chi connectivity index (χ0) is 17.8. The van der Waals surface area contributed by atoms with E-state index in [1.807, 2.05) is 54.3 Å². The van der Waals surface area contributed by atoms with E-state index in [2.05, 4.69) is 29.4 Å². The number of hydrogen-bond donors (Lipinski definition) is 1. The molecule has 3 aromatic rings. The molecule has 4 nitrogen and oxygen atoms in total. The highest BCUT2D eigenvalue weighted by atomic mass is 35.5. The lowest BCUT2D eigenvalue weighted by Crippen LogP contribution is -2.24. The largest absolute Gasteiger partial charge is 0.496 e. The maximum atomic E-state index is 6.04. The van der Waals surface area contributed by atoms with Crippen LogP contribution >= 0.6 is 11.6 Å². The lowest BCUT2D eigenvalue weighted by Gasteiger charge is -2.20. The van der Waals surface area contributed by atoms with Crippen LogP contribution in [0.3, 0.4) is 0 Å². The summed E-state index contributed by atoms with van der Waals surface area (Å²) in [5, 5.41) is 4.34. The van der Waals surface area contributed by atoms with Crippen LogP contribution in [0, 0.1) is 6.92 Å². The van der Waals surface area contributed by atoms with Crippen molar-refractivity contribution in [3.8, 4) is 5.75 Å². The van der Waals surface area contributed by atoms with Crippen molar-refractivity contribution in [2.45, 2.75) is 19.5 Å². The van der Waals surface area contributed by atoms with Crippen molar-refractivity contribution in [3.05, 3.63) is 82.4 Å². The number of nitrogens with zero attached hydrogens (tertiary/aromatic N) is 2. The normalized spacial score (nSPS) is 12.2. The first-order chi connectivity index (χ1) is 12.1. The lowest BCUT2D eigenvalue weighted by atomic mass is 10.0. The molecule has 0 fully saturated rings. The number of rotatable bonds is 6. The summed E-state index contributed by atoms with van der Waals surface area (Å²) in [4.78, 5) is 4.52. The molecule has 1 unspecified atom stereocenters. The summed E-state index contributed by atoms with van der Waals surface area (Å²) in [6.45, 7) is 2.78. The van der Waals surface area contributed by atoms with E-state index in [0.717, 1.165) is 34.3 Å². The van der Waals surface area contributed by atoms with Gasteiger partial charge >= 0.3 is 0 Å². The number of aryl methyl sites for hydroxylation is 2. The SMILES string of the molecule is COc1ccc(CNC(c2ccc(Cl)cc2)c2nccn2C)cc1C. The van der Waals surface area contributed by atoms with E-state index >= 15 is 0 Å². The first-order valence-corrected chi connectivity index (χ1v) is 8.56. The Hall–Kier alpha value is -2.30. The first-order valence-electron chi connectivity index (χ1n) is 8.18. The van der Waals surface area contributed by atoms with E-state index in [9.17, 15) is 0 Å². The second-order valence-electron chi connectivity index (χ2n) is 6.07. The van der Waals surface area contributed by atoms with Crippen LogP contribution in [-0.4, -0.2) is 16.7 Å². The molecule has 130 valence electrons. The van der Waals surface area contributed by atoms with Crippen LogP contribution in [0.1, 0.15) is 28.6 Å². The second kappa shape index (κ2) is 7.72. The van der Waals surface area contributed by atoms with Crippen LogP contribution in [0.2, 0.25) is 5.02 Å². The van der Waals surface area contributed by atoms with Crippen LogP contribution in [-0.2, 0) is 13.6 Å². The van der Waals surface area contributed by atoms with Gasteiger partial charge in [-0.1, -0.05) is 35.9 Å². The molecule has 0 aliphatic rings. The molecule has 0 saturated carbocycles. The molecule has 5 heteroatoms. The topological polar surface area (TPSA) is 39.1 Å². The summed E-state index contributed by atoms with van der Waals surface area (Å²) in [5.74, 6) is 1.87. The van der Waals surface area contributed by atoms with Crippen LogP contribution in [0.15, 0.2) is 54.9 Å². The molecule has 0 aliphatic heterocycles. The minimum absolute atomic E-state index is 0.0142. The van der Waals surface area contributed by atoms with Crippen LogP contribution in [0.25, 0.3) is 0 Å². The van der Waals surface area contributed by atoms with Gasteiger partial charge in [0.25, 0.3) is 0 Å². The van der Waals surface area contributed by atoms with E-state index in [1.54, 1.807) is 7.11 Å². The van der Waals surface area contributed by atoms with Gasteiger partial charge in [-0.25, -0.2) is 4.98 Å². The Bertz CT molecular complexity index is 842. The molecule has 0 bridgehead atoms. The molecule has 1 atom stereocenters. The van der Waals surface area contributed by atoms with E-state index in [1.165, 1.54) is 5.56 Å². The average Bonchev–Trinajstić information content (AvgIpc) is 3.03. The Morgan fingerprint density at radius 1 is 1.20 bits per heavy atom. The Balaban J connectivity index is 1.84. The van der Waals surface area contributed by atoms with E-state index in [4.69, 9.17) is 16.3 Å². The number of methoxy groups -OCH3 is 1. The highest BCUT2D eigenvalue weighted by Crippen LogP contribution is 2.24. The Labute approximate surface area is 153 Å². The number of benzene rings is 2. The highest BCUT2D eigenvalue weighted by molar-refractivity contribution is 6.30. The molecule has 0 saturated heterocycles. The van der Waals surface area contributed by atoms with Crippen molar-refractivity contribution >= 4 is 11.6 Å². The standard InChI is InChI=1S/C20H22ClN3O/c1-14-12-15(4-9-18(14)25-3)13-23-19(20-22-10-11-24(20)2)16-5-7-17(21)8-6-16/h4-12,19,23H,13H2,1-3H3. The smallest absolute Gasteiger partial charge is 0.130 e. The molecule has 1 N–H and O–H groups in total. The molecular formula is C20H22ClN3O. The van der Waals surface area contributed by atoms with Gasteiger partial charge in [0.15, 0.2) is 0 Å². The third kappa shape index (κ3) is 4.03. The molecule has 0 radical (unpaired) electrons. The van der Waals surface area contributed by atoms with Gasteiger partial charge in [-0.05, 0) is 41.8 Å². The number of halogens is 1. The minimum Gasteiger partial charge on any atom is -0.496 e. The monoisotopic (exact) mass is 355 g/mol. The van der Waals surface area contributed by atoms with Crippen molar-refractivity contribution in [2.24, 2.45) is 7.05 Å². The predicted molar refractivity (Wildman–Crippen MR) is 101 cm³/mol. The van der Waals surface area contributed by atoms with Gasteiger partial charge in [0.05, 0.1) is 13.2 Å². The van der Waals surface area contributed by atoms with Crippen molar-refractivity contribution in [3.63, 3.8) is 0 Å². The second-order valence-corrected chi connectivity index (χ2v) is 6.50. The Morgan fingerprint density at radius 3 is 2.56 bits per heavy atom. The van der Waals surface area contributed by atoms with Crippen LogP contribution in [0.5, 0.6) is 5.75 Å². The fourth-order valence-electron chi connectivity index (χ4n) is 2.94. The summed E-state index contributed by atoms with van der Waals surface area (Å²) >= 11 is 6.04. The van der Waals surface area contributed by atoms with E-state index < -0.39 is 0 Å². The molecule has 1 aromatic heterocycles. The van der Waals surface area contributed by atoms with E-state index in [0.29, 0.717) is 0 Å². The van der Waals surface area contributed by atoms with Gasteiger partial charge in [-0.2, -0.15) is 0 Å². The molecule has 25 heavy (non-hydrogen) atoms. The molecule has 0 amide bonds. The molecule has 1 heterocycles. The number of nitrogens with one attached hydrogen (secondary N) is 1. The maximum absolute atomic E-state index is 6.04. The van der Waals surface area contributed by atoms with Crippen LogP contribution < -0.4 is 10.1 Å². The number of hydrogen-bond acceptors (Lipinski definition) is 3. The lowest BCUT2D eigenvalue weighted by molar-refractivity contribution is 0.411. The fourth-order valence-corrected chi connectivity index (χ4v) is 3.07. The summed E-state index contributed by atoms with van der Waals surface area (Å²) in [5.41, 5.74) is 3.46. The first kappa shape index (κ1) is 17.5. The summed E-state index contributed by atoms with van der Waals surface area (Å²) in [6.07, 6.45) is 3.77. The van der Waals surface area contributed by atoms with E-state index in [-0.39, 0.29) is 6.04 Å². The quantitative estimate of drug-likeness (QED) is 0.717. The van der Waals surface area contributed by atoms with Gasteiger partial charge in [0, 0.05) is 31.0 Å². The third-order valence-corrected chi connectivity index (χ3v) is 4.54. The van der Waals surface area contributed by atoms with Crippen molar-refractivity contribution in [1.29, 1.82) is 0 Å². The molecule has 2 aromatic carbocycles. The molecule has 0 aliphatic carbocycles. The van der Waals surface area contributed by atoms with Gasteiger partial charge in [0.2, 0.25) is 0 Å². The molecular weight excluding hydrogens is 334 g/mol. The number of ether oxygens (including phenoxy) is 1. The van der Waals surface area contributed by atoms with Gasteiger partial charge in [-0.15, -0.1) is 0 Å². The summed E-state index contributed by atoms with van der Waals surface area (Å²) in [6, 6.07) is 14.1. The summed E-state index contributed by atoms with van der Waals surface area (Å²) in [7, 11) is 3.70. The van der Waals surface area contributed by atoms with Gasteiger partial charge in [-0.3, -0.25) is 5.32 Å². The predicted octanol–water partition coefficient (Wildman–Crippen LogP) is 4.27. The number of imidazole rings is 1. The molecule has 3 rings (SSSR count). The van der Waals surface area contributed by atoms with Crippen LogP contribution in [0.4, 0.5) is 0 Å². The fraction of sp³-hybridized carbons (Fsp3) is 0.250. The Kier molecular flexibility index (Phi) is 5.41. The highest BCUT2D eigenvalue weighted by Gasteiger charge is 2.18. The van der Waals surface area contributed by atoms with Crippen molar-refractivity contribution in [1.82, 2.24) is 14.9 Å². The third-order valence-electron chi connectivity index (χ3n) is 4.29. The zero-order valence-electron chi connectivity index (χ0n) is 14.7. The average molecular weight is 356 g/mol. The van der Waals surface area contributed by atoms with Crippen molar-refractivity contribution < 1.29 is 4.74 Å². The maximum Gasteiger partial charge on any atom is 0.130 e. The zero-order valence-corrected chi connectivity index (χ0v) is 15.4. The van der Waals surface area contributed by atoms with Gasteiger partial charge < -0.3 is 9.30 Å². The number of aromatic nitrogens is 2. The Morgan fingerprint density at radius 2 is 1.96 bits per heavy atom. The molecule has 0 spiro atoms. The minimum atomic E-state index is -0.0142. The van der Waals surface area contributed by atoms with Crippen molar-refractivity contribution in [2.75, 3.05) is 7.11 Å².